The average molecular weight is 798 g/mol. The van der Waals surface area contributed by atoms with Gasteiger partial charge in [-0.15, -0.1) is 0 Å². The number of carbonyl (C=O) groups is 4. The van der Waals surface area contributed by atoms with Gasteiger partial charge in [0.1, 0.15) is 39.7 Å². The number of benzene rings is 2. The number of allylic oxidation sites excluding steroid dienone is 2. The van der Waals surface area contributed by atoms with Crippen LogP contribution in [0.1, 0.15) is 79.2 Å². The number of hydrogen-bond donors (Lipinski definition) is 5. The number of amides is 4. The zero-order valence-electron chi connectivity index (χ0n) is 32.1. The first-order chi connectivity index (χ1) is 27.4. The zero-order chi connectivity index (χ0) is 41.0. The van der Waals surface area contributed by atoms with Gasteiger partial charge in [0.2, 0.25) is 17.8 Å². The molecule has 0 saturated heterocycles. The number of thiazole rings is 1. The van der Waals surface area contributed by atoms with E-state index in [-0.39, 0.29) is 54.8 Å². The van der Waals surface area contributed by atoms with E-state index in [2.05, 4.69) is 30.4 Å². The number of nitrogens with two attached hydrogens (primary N) is 2. The van der Waals surface area contributed by atoms with Crippen LogP contribution in [0.25, 0.3) is 21.3 Å². The lowest BCUT2D eigenvalue weighted by molar-refractivity contribution is 0.0982. The van der Waals surface area contributed by atoms with Crippen molar-refractivity contribution in [3.63, 3.8) is 0 Å². The summed E-state index contributed by atoms with van der Waals surface area (Å²) in [6.07, 6.45) is 4.53. The van der Waals surface area contributed by atoms with Gasteiger partial charge in [0.25, 0.3) is 11.8 Å². The second-order valence-electron chi connectivity index (χ2n) is 12.9. The number of H-pyrrole nitrogens is 1. The van der Waals surface area contributed by atoms with Gasteiger partial charge in [-0.1, -0.05) is 30.4 Å². The van der Waals surface area contributed by atoms with Crippen LogP contribution in [0, 0.1) is 13.8 Å². The van der Waals surface area contributed by atoms with Crippen LogP contribution in [0.4, 0.5) is 5.95 Å². The topological polar surface area (TPSA) is 253 Å². The molecule has 4 amide bonds. The van der Waals surface area contributed by atoms with Gasteiger partial charge in [0, 0.05) is 49.5 Å². The van der Waals surface area contributed by atoms with Crippen LogP contribution in [0.5, 0.6) is 11.5 Å². The first kappa shape index (κ1) is 40.1. The lowest BCUT2D eigenvalue weighted by atomic mass is 10.1. The highest BCUT2D eigenvalue weighted by Crippen LogP contribution is 2.32. The number of imidazole rings is 2. The highest BCUT2D eigenvalue weighted by molar-refractivity contribution is 7.16. The minimum atomic E-state index is -0.698. The van der Waals surface area contributed by atoms with E-state index in [0.717, 1.165) is 0 Å². The molecule has 4 heterocycles. The highest BCUT2D eigenvalue weighted by atomic mass is 32.1. The standard InChI is InChI=1S/C38H43N11O7S/c1-6-24-30(42-21(4)41-24)36(54)44-37-43-25-16-22(33(39)51)18-28(56-14-10-13-50)31(25)47(37)11-8-9-12-48-32-27(55-5)17-23(34(40)52)19-29(32)57-38(48)45-35(53)26-15-20(3)46-49(26)7-2/h8-9,15-19,50H,6-7,10-14H2,1-5H3,(H2,39,51)(H2,40,52)(H,41,42)(H,43,44,54)/b9-8+,45-38?. The van der Waals surface area contributed by atoms with Crippen LogP contribution in [-0.2, 0) is 26.1 Å². The van der Waals surface area contributed by atoms with Gasteiger partial charge < -0.3 is 40.2 Å². The highest BCUT2D eigenvalue weighted by Gasteiger charge is 2.23. The third kappa shape index (κ3) is 8.33. The molecule has 2 aromatic carbocycles. The molecule has 298 valence electrons. The summed E-state index contributed by atoms with van der Waals surface area (Å²) >= 11 is 1.19. The number of aliphatic hydroxyl groups excluding tert-OH is 1. The van der Waals surface area contributed by atoms with E-state index in [1.54, 1.807) is 39.8 Å². The smallest absolute Gasteiger partial charge is 0.297 e. The Labute approximate surface area is 329 Å². The molecular formula is C38H43N11O7S. The Kier molecular flexibility index (Phi) is 12.0. The fraction of sp³-hybridized carbons (Fsp3) is 0.316. The Balaban J connectivity index is 1.44. The largest absolute Gasteiger partial charge is 0.494 e. The molecule has 0 atom stereocenters. The van der Waals surface area contributed by atoms with Crippen LogP contribution in [0.15, 0.2) is 47.5 Å². The van der Waals surface area contributed by atoms with Gasteiger partial charge >= 0.3 is 0 Å². The number of aryl methyl sites for hydroxylation is 4. The number of nitrogens with one attached hydrogen (secondary N) is 2. The Bertz CT molecular complexity index is 2630. The first-order valence-electron chi connectivity index (χ1n) is 18.1. The summed E-state index contributed by atoms with van der Waals surface area (Å²) in [5.74, 6) is -0.968. The minimum absolute atomic E-state index is 0.115. The first-order valence-corrected chi connectivity index (χ1v) is 18.9. The third-order valence-corrected chi connectivity index (χ3v) is 9.97. The number of fused-ring (bicyclic) bond motifs is 2. The molecule has 0 aliphatic carbocycles. The maximum Gasteiger partial charge on any atom is 0.297 e. The van der Waals surface area contributed by atoms with Crippen LogP contribution < -0.4 is 31.1 Å². The number of rotatable bonds is 16. The number of methoxy groups -OCH3 is 1. The predicted octanol–water partition coefficient (Wildman–Crippen LogP) is 3.39. The summed E-state index contributed by atoms with van der Waals surface area (Å²) in [6, 6.07) is 7.85. The van der Waals surface area contributed by atoms with E-state index in [0.29, 0.717) is 74.1 Å². The van der Waals surface area contributed by atoms with Crippen molar-refractivity contribution in [1.82, 2.24) is 33.9 Å². The minimum Gasteiger partial charge on any atom is -0.494 e. The summed E-state index contributed by atoms with van der Waals surface area (Å²) in [7, 11) is 1.47. The molecule has 4 aromatic heterocycles. The molecule has 7 N–H and O–H groups in total. The number of ether oxygens (including phenoxy) is 2. The van der Waals surface area contributed by atoms with E-state index in [9.17, 15) is 24.3 Å². The third-order valence-electron chi connectivity index (χ3n) is 8.95. The molecule has 18 nitrogen and oxygen atoms in total. The SMILES string of the molecule is CCc1[nH]c(C)nc1C(=O)Nc1nc2cc(C(N)=O)cc(OCCCO)c2n1C/C=C/Cn1c(=NC(=O)c2cc(C)nn2CC)sc2cc(C(N)=O)cc(OC)c21. The van der Waals surface area contributed by atoms with Crippen molar-refractivity contribution in [2.24, 2.45) is 16.5 Å². The quantitative estimate of drug-likeness (QED) is 0.0705. The molecule has 57 heavy (non-hydrogen) atoms. The zero-order valence-corrected chi connectivity index (χ0v) is 32.9. The van der Waals surface area contributed by atoms with Crippen molar-refractivity contribution in [3.8, 4) is 11.5 Å². The molecule has 19 heteroatoms. The fourth-order valence-electron chi connectivity index (χ4n) is 6.34. The van der Waals surface area contributed by atoms with Gasteiger partial charge in [0.05, 0.1) is 29.6 Å². The molecule has 0 spiro atoms. The molecule has 0 aliphatic rings. The van der Waals surface area contributed by atoms with Crippen molar-refractivity contribution >= 4 is 62.2 Å². The number of carbonyl (C=O) groups excluding carboxylic acids is 4. The maximum atomic E-state index is 13.6. The number of nitrogens with zero attached hydrogens (tertiary/aromatic N) is 7. The number of primary amides is 2. The number of aromatic nitrogens is 7. The van der Waals surface area contributed by atoms with Crippen molar-refractivity contribution < 1.29 is 33.8 Å². The predicted molar refractivity (Wildman–Crippen MR) is 213 cm³/mol. The molecule has 0 fully saturated rings. The molecule has 0 bridgehead atoms. The van der Waals surface area contributed by atoms with Gasteiger partial charge in [-0.25, -0.2) is 9.97 Å². The normalized spacial score (nSPS) is 11.9. The molecule has 6 rings (SSSR count). The Morgan fingerprint density at radius 2 is 1.67 bits per heavy atom. The van der Waals surface area contributed by atoms with Gasteiger partial charge in [-0.3, -0.25) is 29.2 Å². The molecule has 0 unspecified atom stereocenters. The van der Waals surface area contributed by atoms with E-state index in [4.69, 9.17) is 20.9 Å². The van der Waals surface area contributed by atoms with Crippen molar-refractivity contribution in [2.45, 2.75) is 60.2 Å². The summed E-state index contributed by atoms with van der Waals surface area (Å²) in [4.78, 5) is 68.7. The summed E-state index contributed by atoms with van der Waals surface area (Å²) in [5, 5.41) is 16.7. The van der Waals surface area contributed by atoms with Gasteiger partial charge in [-0.05, 0) is 57.5 Å². The fourth-order valence-corrected chi connectivity index (χ4v) is 7.43. The summed E-state index contributed by atoms with van der Waals surface area (Å²) in [5.41, 5.74) is 14.9. The van der Waals surface area contributed by atoms with E-state index in [1.807, 2.05) is 26.0 Å². The van der Waals surface area contributed by atoms with Crippen LogP contribution in [0.2, 0.25) is 0 Å². The van der Waals surface area contributed by atoms with E-state index in [1.165, 1.54) is 36.6 Å². The van der Waals surface area contributed by atoms with E-state index >= 15 is 0 Å². The second-order valence-corrected chi connectivity index (χ2v) is 13.9. The summed E-state index contributed by atoms with van der Waals surface area (Å²) < 4.78 is 17.4. The number of anilines is 1. The number of hydrogen-bond acceptors (Lipinski definition) is 11. The van der Waals surface area contributed by atoms with E-state index < -0.39 is 23.6 Å². The van der Waals surface area contributed by atoms with Crippen molar-refractivity contribution in [2.75, 3.05) is 25.6 Å². The van der Waals surface area contributed by atoms with Crippen LogP contribution in [0.3, 0.4) is 0 Å². The molecular weight excluding hydrogens is 755 g/mol. The Hall–Kier alpha value is -6.60. The Morgan fingerprint density at radius 1 is 0.965 bits per heavy atom. The number of aromatic amines is 1. The Morgan fingerprint density at radius 3 is 2.33 bits per heavy atom. The van der Waals surface area contributed by atoms with Crippen molar-refractivity contribution in [1.29, 1.82) is 0 Å². The number of aliphatic hydroxyl groups is 1. The lowest BCUT2D eigenvalue weighted by Gasteiger charge is -2.12. The lowest BCUT2D eigenvalue weighted by Crippen LogP contribution is -2.19. The average Bonchev–Trinajstić information content (AvgIpc) is 3.95. The summed E-state index contributed by atoms with van der Waals surface area (Å²) in [6.45, 7) is 8.16. The van der Waals surface area contributed by atoms with Gasteiger partial charge in [0.15, 0.2) is 4.80 Å². The van der Waals surface area contributed by atoms with Crippen LogP contribution in [-0.4, -0.2) is 82.9 Å². The van der Waals surface area contributed by atoms with Crippen molar-refractivity contribution in [3.05, 3.63) is 87.0 Å². The molecule has 6 aromatic rings. The van der Waals surface area contributed by atoms with Gasteiger partial charge in [-0.2, -0.15) is 10.1 Å². The maximum absolute atomic E-state index is 13.6. The monoisotopic (exact) mass is 797 g/mol. The van der Waals surface area contributed by atoms with Crippen LogP contribution >= 0.6 is 11.3 Å². The molecule has 0 aliphatic heterocycles. The second kappa shape index (κ2) is 17.0. The molecule has 0 radical (unpaired) electrons. The molecule has 0 saturated carbocycles.